The second-order valence-corrected chi connectivity index (χ2v) is 7.43. The Morgan fingerprint density at radius 1 is 1.15 bits per heavy atom. The Morgan fingerprint density at radius 3 is 2.44 bits per heavy atom. The number of amides is 1. The first-order chi connectivity index (χ1) is 12.7. The maximum Gasteiger partial charge on any atom is 0.255 e. The highest BCUT2D eigenvalue weighted by Crippen LogP contribution is 2.28. The van der Waals surface area contributed by atoms with Gasteiger partial charge in [0.2, 0.25) is 10.0 Å². The molecule has 3 rings (SSSR count). The van der Waals surface area contributed by atoms with Crippen molar-refractivity contribution in [1.82, 2.24) is 4.72 Å². The topological polar surface area (TPSA) is 108 Å². The molecule has 2 aromatic carbocycles. The zero-order chi connectivity index (χ0) is 19.8. The predicted molar refractivity (Wildman–Crippen MR) is 90.1 cm³/mol. The van der Waals surface area contributed by atoms with Crippen LogP contribution in [-0.4, -0.2) is 32.2 Å². The van der Waals surface area contributed by atoms with Crippen LogP contribution in [0.25, 0.3) is 0 Å². The van der Waals surface area contributed by atoms with E-state index in [1.165, 1.54) is 12.1 Å². The Kier molecular flexibility index (Phi) is 5.09. The minimum absolute atomic E-state index is 0.0910. The van der Waals surface area contributed by atoms with Crippen molar-refractivity contribution in [3.63, 3.8) is 0 Å². The molecule has 4 N–H and O–H groups in total. The van der Waals surface area contributed by atoms with Gasteiger partial charge in [-0.2, -0.15) is 4.72 Å². The van der Waals surface area contributed by atoms with Gasteiger partial charge in [0.1, 0.15) is 4.90 Å². The zero-order valence-electron chi connectivity index (χ0n) is 13.6. The second kappa shape index (κ2) is 7.18. The quantitative estimate of drug-likeness (QED) is 0.584. The Hall–Kier alpha value is -2.63. The molecule has 0 bridgehead atoms. The van der Waals surface area contributed by atoms with E-state index in [9.17, 15) is 26.4 Å². The molecule has 144 valence electrons. The minimum atomic E-state index is -3.93. The highest BCUT2D eigenvalue weighted by atomic mass is 32.2. The number of rotatable bonds is 4. The average molecular weight is 401 g/mol. The molecule has 1 aliphatic heterocycles. The van der Waals surface area contributed by atoms with Crippen LogP contribution in [0.4, 0.5) is 24.5 Å². The number of hydrogen-bond acceptors (Lipinski definition) is 5. The number of sulfonamides is 1. The molecule has 0 saturated carbocycles. The van der Waals surface area contributed by atoms with Crippen molar-refractivity contribution in [2.75, 3.05) is 17.2 Å². The van der Waals surface area contributed by atoms with Crippen LogP contribution in [-0.2, 0) is 10.0 Å². The number of carbonyl (C=O) groups is 1. The summed E-state index contributed by atoms with van der Waals surface area (Å²) in [7, 11) is -3.93. The van der Waals surface area contributed by atoms with Gasteiger partial charge in [-0.25, -0.2) is 21.6 Å². The first kappa shape index (κ1) is 19.1. The molecule has 0 radical (unpaired) electrons. The number of halogens is 3. The van der Waals surface area contributed by atoms with Crippen molar-refractivity contribution in [2.24, 2.45) is 0 Å². The molecule has 0 spiro atoms. The number of benzene rings is 2. The van der Waals surface area contributed by atoms with E-state index in [-0.39, 0.29) is 34.9 Å². The number of aliphatic hydroxyl groups excluding tert-OH is 1. The molecular formula is C16H14F3N3O4S. The Labute approximate surface area is 152 Å². The molecule has 1 atom stereocenters. The van der Waals surface area contributed by atoms with Crippen molar-refractivity contribution in [2.45, 2.75) is 17.5 Å². The fraction of sp³-hybridized carbons (Fsp3) is 0.188. The summed E-state index contributed by atoms with van der Waals surface area (Å²) in [6.45, 7) is -0.235. The van der Waals surface area contributed by atoms with Gasteiger partial charge in [0.05, 0.1) is 11.9 Å². The van der Waals surface area contributed by atoms with Crippen molar-refractivity contribution < 1.29 is 31.5 Å². The molecule has 2 aromatic rings. The van der Waals surface area contributed by atoms with Crippen LogP contribution in [0.3, 0.4) is 0 Å². The molecular weight excluding hydrogens is 387 g/mol. The summed E-state index contributed by atoms with van der Waals surface area (Å²) in [4.78, 5) is 12.1. The number of carbonyl (C=O) groups excluding carboxylic acids is 1. The van der Waals surface area contributed by atoms with Gasteiger partial charge in [-0.15, -0.1) is 0 Å². The summed E-state index contributed by atoms with van der Waals surface area (Å²) in [6, 6.07) is 4.97. The Bertz CT molecular complexity index is 991. The summed E-state index contributed by atoms with van der Waals surface area (Å²) >= 11 is 0. The molecule has 11 heteroatoms. The van der Waals surface area contributed by atoms with Gasteiger partial charge < -0.3 is 15.7 Å². The van der Waals surface area contributed by atoms with Crippen molar-refractivity contribution in [1.29, 1.82) is 0 Å². The van der Waals surface area contributed by atoms with Crippen LogP contribution < -0.4 is 15.4 Å². The summed E-state index contributed by atoms with van der Waals surface area (Å²) in [6.07, 6.45) is -0.555. The van der Waals surface area contributed by atoms with E-state index in [0.29, 0.717) is 12.1 Å². The number of fused-ring (bicyclic) bond motifs is 1. The standard InChI is InChI=1S/C16H14F3N3O4S/c17-10-6-9(7-11(18)15(10)19)20-16(24)8-1-2-12-13(5-8)27(25,26)22-14(21-12)3-4-23/h1-2,5-7,14,21-23H,3-4H2,(H,20,24). The maximum atomic E-state index is 13.2. The van der Waals surface area contributed by atoms with Gasteiger partial charge in [-0.1, -0.05) is 0 Å². The molecule has 0 fully saturated rings. The van der Waals surface area contributed by atoms with Gasteiger partial charge in [0, 0.05) is 36.4 Å². The van der Waals surface area contributed by atoms with E-state index in [0.717, 1.165) is 6.07 Å². The lowest BCUT2D eigenvalue weighted by Gasteiger charge is -2.27. The van der Waals surface area contributed by atoms with Gasteiger partial charge in [0.15, 0.2) is 17.5 Å². The molecule has 1 aliphatic rings. The van der Waals surface area contributed by atoms with E-state index in [1.54, 1.807) is 0 Å². The molecule has 27 heavy (non-hydrogen) atoms. The summed E-state index contributed by atoms with van der Waals surface area (Å²) in [5, 5.41) is 14.0. The van der Waals surface area contributed by atoms with E-state index < -0.39 is 39.5 Å². The first-order valence-corrected chi connectivity index (χ1v) is 9.19. The maximum absolute atomic E-state index is 13.2. The SMILES string of the molecule is O=C(Nc1cc(F)c(F)c(F)c1)c1ccc2c(c1)S(=O)(=O)NC(CCO)N2. The predicted octanol–water partition coefficient (Wildman–Crippen LogP) is 1.77. The Balaban J connectivity index is 1.88. The first-order valence-electron chi connectivity index (χ1n) is 7.71. The van der Waals surface area contributed by atoms with E-state index in [4.69, 9.17) is 5.11 Å². The second-order valence-electron chi connectivity index (χ2n) is 5.75. The monoisotopic (exact) mass is 401 g/mol. The van der Waals surface area contributed by atoms with Crippen LogP contribution >= 0.6 is 0 Å². The van der Waals surface area contributed by atoms with Crippen LogP contribution in [0.15, 0.2) is 35.2 Å². The third-order valence-corrected chi connectivity index (χ3v) is 5.33. The highest BCUT2D eigenvalue weighted by molar-refractivity contribution is 7.89. The molecule has 0 aliphatic carbocycles. The normalized spacial score (nSPS) is 17.7. The fourth-order valence-electron chi connectivity index (χ4n) is 2.56. The number of nitrogens with one attached hydrogen (secondary N) is 3. The van der Waals surface area contributed by atoms with Crippen molar-refractivity contribution >= 4 is 27.3 Å². The average Bonchev–Trinajstić information content (AvgIpc) is 2.59. The smallest absolute Gasteiger partial charge is 0.255 e. The lowest BCUT2D eigenvalue weighted by molar-refractivity contribution is 0.102. The van der Waals surface area contributed by atoms with Gasteiger partial charge in [0.25, 0.3) is 5.91 Å². The largest absolute Gasteiger partial charge is 0.396 e. The number of anilines is 2. The van der Waals surface area contributed by atoms with Crippen LogP contribution in [0.5, 0.6) is 0 Å². The van der Waals surface area contributed by atoms with E-state index in [1.807, 2.05) is 0 Å². The fourth-order valence-corrected chi connectivity index (χ4v) is 3.94. The number of hydrogen-bond donors (Lipinski definition) is 4. The lowest BCUT2D eigenvalue weighted by atomic mass is 10.1. The van der Waals surface area contributed by atoms with E-state index >= 15 is 0 Å². The lowest BCUT2D eigenvalue weighted by Crippen LogP contribution is -2.45. The number of aliphatic hydroxyl groups is 1. The van der Waals surface area contributed by atoms with Crippen molar-refractivity contribution in [3.8, 4) is 0 Å². The van der Waals surface area contributed by atoms with Gasteiger partial charge in [-0.3, -0.25) is 4.79 Å². The van der Waals surface area contributed by atoms with Crippen LogP contribution in [0, 0.1) is 17.5 Å². The van der Waals surface area contributed by atoms with E-state index in [2.05, 4.69) is 15.4 Å². The van der Waals surface area contributed by atoms with Crippen LogP contribution in [0.1, 0.15) is 16.8 Å². The van der Waals surface area contributed by atoms with Gasteiger partial charge in [-0.05, 0) is 18.2 Å². The van der Waals surface area contributed by atoms with Crippen molar-refractivity contribution in [3.05, 3.63) is 53.3 Å². The van der Waals surface area contributed by atoms with Crippen LogP contribution in [0.2, 0.25) is 0 Å². The molecule has 1 unspecified atom stereocenters. The van der Waals surface area contributed by atoms with Gasteiger partial charge >= 0.3 is 0 Å². The summed E-state index contributed by atoms with van der Waals surface area (Å²) < 4.78 is 66.4. The minimum Gasteiger partial charge on any atom is -0.396 e. The molecule has 1 heterocycles. The molecule has 1 amide bonds. The summed E-state index contributed by atoms with van der Waals surface area (Å²) in [5.41, 5.74) is -0.175. The third kappa shape index (κ3) is 3.89. The zero-order valence-corrected chi connectivity index (χ0v) is 14.4. The third-order valence-electron chi connectivity index (χ3n) is 3.82. The summed E-state index contributed by atoms with van der Waals surface area (Å²) in [5.74, 6) is -5.44. The highest BCUT2D eigenvalue weighted by Gasteiger charge is 2.29. The molecule has 7 nitrogen and oxygen atoms in total. The Morgan fingerprint density at radius 2 is 1.81 bits per heavy atom. The molecule has 0 aromatic heterocycles. The molecule has 0 saturated heterocycles.